The van der Waals surface area contributed by atoms with Gasteiger partial charge in [-0.2, -0.15) is 0 Å². The minimum atomic E-state index is -1.23. The number of hydrogen-bond donors (Lipinski definition) is 2. The van der Waals surface area contributed by atoms with Gasteiger partial charge >= 0.3 is 6.03 Å². The molecule has 0 unspecified atom stereocenters. The molecular formula is C22H21N5O4. The van der Waals surface area contributed by atoms with Gasteiger partial charge in [0.25, 0.3) is 11.5 Å². The van der Waals surface area contributed by atoms with Crippen molar-refractivity contribution in [3.8, 4) is 0 Å². The molecule has 0 aliphatic carbocycles. The number of fused-ring (bicyclic) bond motifs is 1. The lowest BCUT2D eigenvalue weighted by molar-refractivity contribution is -0.138. The number of nitrogens with one attached hydrogen (secondary N) is 2. The number of rotatable bonds is 5. The molecular weight excluding hydrogens is 398 g/mol. The highest BCUT2D eigenvalue weighted by Crippen LogP contribution is 2.28. The molecule has 1 aliphatic heterocycles. The zero-order valence-electron chi connectivity index (χ0n) is 17.1. The van der Waals surface area contributed by atoms with Crippen LogP contribution < -0.4 is 10.9 Å². The van der Waals surface area contributed by atoms with E-state index < -0.39 is 29.9 Å². The number of benzene rings is 2. The van der Waals surface area contributed by atoms with Crippen molar-refractivity contribution in [3.05, 3.63) is 76.3 Å². The van der Waals surface area contributed by atoms with Crippen LogP contribution in [0, 0.1) is 0 Å². The average Bonchev–Trinajstić information content (AvgIpc) is 2.98. The van der Waals surface area contributed by atoms with Gasteiger partial charge in [0.1, 0.15) is 17.9 Å². The van der Waals surface area contributed by atoms with Crippen LogP contribution in [0.5, 0.6) is 0 Å². The molecule has 1 aliphatic rings. The second-order valence-corrected chi connectivity index (χ2v) is 7.59. The number of nitrogens with zero attached hydrogens (tertiary/aromatic N) is 3. The summed E-state index contributed by atoms with van der Waals surface area (Å²) in [5.74, 6) is -0.648. The summed E-state index contributed by atoms with van der Waals surface area (Å²) < 4.78 is 0. The fourth-order valence-corrected chi connectivity index (χ4v) is 3.59. The van der Waals surface area contributed by atoms with E-state index in [1.165, 1.54) is 11.9 Å². The molecule has 0 bridgehead atoms. The number of imide groups is 1. The predicted molar refractivity (Wildman–Crippen MR) is 113 cm³/mol. The number of para-hydroxylation sites is 1. The molecule has 0 saturated carbocycles. The lowest BCUT2D eigenvalue weighted by atomic mass is 9.92. The molecule has 4 rings (SSSR count). The van der Waals surface area contributed by atoms with Gasteiger partial charge in [-0.05, 0) is 24.6 Å². The largest absolute Gasteiger partial charge is 0.337 e. The number of aromatic amines is 1. The summed E-state index contributed by atoms with van der Waals surface area (Å²) in [6.07, 6.45) is 0. The summed E-state index contributed by atoms with van der Waals surface area (Å²) in [6, 6.07) is 15.1. The van der Waals surface area contributed by atoms with Crippen molar-refractivity contribution in [1.29, 1.82) is 0 Å². The molecule has 2 aromatic carbocycles. The first-order valence-corrected chi connectivity index (χ1v) is 9.71. The van der Waals surface area contributed by atoms with Crippen LogP contribution in [0.4, 0.5) is 4.79 Å². The van der Waals surface area contributed by atoms with Gasteiger partial charge in [-0.1, -0.05) is 42.5 Å². The summed E-state index contributed by atoms with van der Waals surface area (Å²) in [5, 5.41) is 3.13. The SMILES string of the molecule is CN(Cc1nc2ccccc2c(=O)[nH]1)C(=O)CN1C(=O)N[C@](C)(c2ccccc2)C1=O. The maximum atomic E-state index is 13.0. The van der Waals surface area contributed by atoms with Crippen molar-refractivity contribution in [3.63, 3.8) is 0 Å². The third kappa shape index (κ3) is 3.65. The Labute approximate surface area is 177 Å². The van der Waals surface area contributed by atoms with Gasteiger partial charge in [0.05, 0.1) is 17.4 Å². The van der Waals surface area contributed by atoms with E-state index in [0.29, 0.717) is 22.3 Å². The Hall–Kier alpha value is -4.01. The van der Waals surface area contributed by atoms with Gasteiger partial charge in [0, 0.05) is 7.05 Å². The lowest BCUT2D eigenvalue weighted by Crippen LogP contribution is -2.43. The molecule has 1 aromatic heterocycles. The Morgan fingerprint density at radius 2 is 1.74 bits per heavy atom. The minimum Gasteiger partial charge on any atom is -0.337 e. The van der Waals surface area contributed by atoms with Crippen LogP contribution in [0.3, 0.4) is 0 Å². The number of aromatic nitrogens is 2. The topological polar surface area (TPSA) is 115 Å². The normalized spacial score (nSPS) is 18.3. The molecule has 4 amide bonds. The van der Waals surface area contributed by atoms with E-state index in [4.69, 9.17) is 0 Å². The highest BCUT2D eigenvalue weighted by atomic mass is 16.2. The van der Waals surface area contributed by atoms with Crippen molar-refractivity contribution in [2.45, 2.75) is 19.0 Å². The number of urea groups is 1. The van der Waals surface area contributed by atoms with Gasteiger partial charge < -0.3 is 15.2 Å². The standard InChI is InChI=1S/C22H21N5O4/c1-22(14-8-4-3-5-9-14)20(30)27(21(31)25-22)13-18(28)26(2)12-17-23-16-11-7-6-10-15(16)19(29)24-17/h3-11H,12-13H2,1-2H3,(H,25,31)(H,23,24,29)/t22-/m1/s1. The third-order valence-electron chi connectivity index (χ3n) is 5.39. The third-order valence-corrected chi connectivity index (χ3v) is 5.39. The molecule has 2 heterocycles. The molecule has 0 radical (unpaired) electrons. The first kappa shape index (κ1) is 20.3. The van der Waals surface area contributed by atoms with E-state index in [-0.39, 0.29) is 12.1 Å². The Balaban J connectivity index is 1.49. The van der Waals surface area contributed by atoms with E-state index in [9.17, 15) is 19.2 Å². The maximum Gasteiger partial charge on any atom is 0.325 e. The molecule has 1 fully saturated rings. The number of carbonyl (C=O) groups excluding carboxylic acids is 3. The number of hydrogen-bond acceptors (Lipinski definition) is 5. The number of amides is 4. The van der Waals surface area contributed by atoms with Crippen LogP contribution in [0.1, 0.15) is 18.3 Å². The molecule has 31 heavy (non-hydrogen) atoms. The van der Waals surface area contributed by atoms with E-state index in [1.807, 2.05) is 6.07 Å². The predicted octanol–water partition coefficient (Wildman–Crippen LogP) is 1.35. The van der Waals surface area contributed by atoms with Crippen molar-refractivity contribution in [2.75, 3.05) is 13.6 Å². The van der Waals surface area contributed by atoms with Crippen LogP contribution in [-0.4, -0.2) is 51.2 Å². The van der Waals surface area contributed by atoms with Crippen LogP contribution in [0.2, 0.25) is 0 Å². The molecule has 1 saturated heterocycles. The van der Waals surface area contributed by atoms with E-state index in [0.717, 1.165) is 4.90 Å². The number of H-pyrrole nitrogens is 1. The number of likely N-dealkylation sites (N-methyl/N-ethyl adjacent to an activating group) is 1. The van der Waals surface area contributed by atoms with Gasteiger partial charge in [0.15, 0.2) is 0 Å². The quantitative estimate of drug-likeness (QED) is 0.606. The van der Waals surface area contributed by atoms with Gasteiger partial charge in [0.2, 0.25) is 5.91 Å². The zero-order valence-corrected chi connectivity index (χ0v) is 17.1. The molecule has 3 aromatic rings. The highest BCUT2D eigenvalue weighted by Gasteiger charge is 2.49. The van der Waals surface area contributed by atoms with Crippen molar-refractivity contribution in [2.24, 2.45) is 0 Å². The van der Waals surface area contributed by atoms with Gasteiger partial charge in [-0.25, -0.2) is 9.78 Å². The fraction of sp³-hybridized carbons (Fsp3) is 0.227. The summed E-state index contributed by atoms with van der Waals surface area (Å²) in [6.45, 7) is 1.22. The summed E-state index contributed by atoms with van der Waals surface area (Å²) in [5.41, 5.74) is -0.374. The van der Waals surface area contributed by atoms with Crippen LogP contribution in [0.25, 0.3) is 10.9 Å². The fourth-order valence-electron chi connectivity index (χ4n) is 3.59. The monoisotopic (exact) mass is 419 g/mol. The molecule has 0 spiro atoms. The molecule has 2 N–H and O–H groups in total. The van der Waals surface area contributed by atoms with Crippen LogP contribution in [-0.2, 0) is 21.7 Å². The number of carbonyl (C=O) groups is 3. The van der Waals surface area contributed by atoms with Crippen LogP contribution in [0.15, 0.2) is 59.4 Å². The zero-order chi connectivity index (χ0) is 22.2. The summed E-state index contributed by atoms with van der Waals surface area (Å²) >= 11 is 0. The minimum absolute atomic E-state index is 0.0263. The van der Waals surface area contributed by atoms with Crippen molar-refractivity contribution >= 4 is 28.7 Å². The van der Waals surface area contributed by atoms with Gasteiger partial charge in [-0.15, -0.1) is 0 Å². The Kier molecular flexibility index (Phi) is 5.02. The molecule has 158 valence electrons. The Morgan fingerprint density at radius 3 is 2.48 bits per heavy atom. The molecule has 1 atom stereocenters. The molecule has 9 heteroatoms. The van der Waals surface area contributed by atoms with E-state index in [1.54, 1.807) is 55.5 Å². The second kappa shape index (κ2) is 7.67. The van der Waals surface area contributed by atoms with Crippen molar-refractivity contribution in [1.82, 2.24) is 25.1 Å². The van der Waals surface area contributed by atoms with E-state index in [2.05, 4.69) is 15.3 Å². The first-order valence-electron chi connectivity index (χ1n) is 9.71. The molecule has 9 nitrogen and oxygen atoms in total. The lowest BCUT2D eigenvalue weighted by Gasteiger charge is -2.23. The second-order valence-electron chi connectivity index (χ2n) is 7.59. The smallest absolute Gasteiger partial charge is 0.325 e. The van der Waals surface area contributed by atoms with Gasteiger partial charge in [-0.3, -0.25) is 19.3 Å². The van der Waals surface area contributed by atoms with Crippen molar-refractivity contribution < 1.29 is 14.4 Å². The summed E-state index contributed by atoms with van der Waals surface area (Å²) in [4.78, 5) is 59.6. The highest BCUT2D eigenvalue weighted by molar-refractivity contribution is 6.09. The van der Waals surface area contributed by atoms with E-state index >= 15 is 0 Å². The average molecular weight is 419 g/mol. The Bertz CT molecular complexity index is 1240. The summed E-state index contributed by atoms with van der Waals surface area (Å²) in [7, 11) is 1.52. The van der Waals surface area contributed by atoms with Crippen LogP contribution >= 0.6 is 0 Å². The first-order chi connectivity index (χ1) is 14.8. The Morgan fingerprint density at radius 1 is 1.06 bits per heavy atom. The maximum absolute atomic E-state index is 13.0.